The van der Waals surface area contributed by atoms with Crippen molar-refractivity contribution in [1.82, 2.24) is 0 Å². The van der Waals surface area contributed by atoms with E-state index in [-0.39, 0.29) is 10.6 Å². The highest BCUT2D eigenvalue weighted by Gasteiger charge is 2.09. The summed E-state index contributed by atoms with van der Waals surface area (Å²) in [6, 6.07) is 4.65. The molecule has 1 N–H and O–H groups in total. The monoisotopic (exact) mass is 228 g/mol. The second-order valence-electron chi connectivity index (χ2n) is 3.15. The number of hydrogen-bond acceptors (Lipinski definition) is 2. The topological polar surface area (TPSA) is 46.5 Å². The summed E-state index contributed by atoms with van der Waals surface area (Å²) in [5.41, 5.74) is 0.0747. The van der Waals surface area contributed by atoms with Crippen LogP contribution >= 0.6 is 11.6 Å². The predicted molar refractivity (Wildman–Crippen MR) is 58.8 cm³/mol. The van der Waals surface area contributed by atoms with Crippen molar-refractivity contribution in [2.75, 3.05) is 6.61 Å². The standard InChI is InChI=1S/C11H13ClO3/c1-2-3-6-15-8-4-5-10(12)9(7-8)11(13)14/h4-5,7H,2-3,6H2,1H3,(H,13,14). The number of benzene rings is 1. The zero-order chi connectivity index (χ0) is 11.3. The van der Waals surface area contributed by atoms with Gasteiger partial charge in [-0.3, -0.25) is 0 Å². The van der Waals surface area contributed by atoms with Crippen LogP contribution in [-0.2, 0) is 0 Å². The number of rotatable bonds is 5. The Morgan fingerprint density at radius 3 is 2.87 bits per heavy atom. The van der Waals surface area contributed by atoms with E-state index in [2.05, 4.69) is 6.92 Å². The third kappa shape index (κ3) is 3.44. The van der Waals surface area contributed by atoms with Gasteiger partial charge in [0.25, 0.3) is 0 Å². The van der Waals surface area contributed by atoms with Gasteiger partial charge in [0.05, 0.1) is 17.2 Å². The first-order valence-corrected chi connectivity index (χ1v) is 5.18. The molecule has 0 aliphatic heterocycles. The summed E-state index contributed by atoms with van der Waals surface area (Å²) in [6.07, 6.45) is 1.99. The minimum absolute atomic E-state index is 0.0747. The SMILES string of the molecule is CCCCOc1ccc(Cl)c(C(=O)O)c1. The average molecular weight is 229 g/mol. The van der Waals surface area contributed by atoms with Crippen LogP contribution in [0.4, 0.5) is 0 Å². The number of halogens is 1. The fraction of sp³-hybridized carbons (Fsp3) is 0.364. The molecule has 0 aliphatic rings. The first-order valence-electron chi connectivity index (χ1n) is 4.80. The molecule has 1 aromatic carbocycles. The number of carboxylic acid groups (broad SMARTS) is 1. The van der Waals surface area contributed by atoms with Gasteiger partial charge in [-0.1, -0.05) is 24.9 Å². The molecule has 1 rings (SSSR count). The van der Waals surface area contributed by atoms with Crippen LogP contribution in [0.2, 0.25) is 5.02 Å². The molecular formula is C11H13ClO3. The highest BCUT2D eigenvalue weighted by molar-refractivity contribution is 6.33. The Morgan fingerprint density at radius 2 is 2.27 bits per heavy atom. The van der Waals surface area contributed by atoms with Crippen LogP contribution in [0.25, 0.3) is 0 Å². The van der Waals surface area contributed by atoms with Crippen molar-refractivity contribution in [2.45, 2.75) is 19.8 Å². The molecule has 0 aromatic heterocycles. The quantitative estimate of drug-likeness (QED) is 0.788. The van der Waals surface area contributed by atoms with Crippen molar-refractivity contribution in [3.05, 3.63) is 28.8 Å². The van der Waals surface area contributed by atoms with Crippen LogP contribution in [-0.4, -0.2) is 17.7 Å². The van der Waals surface area contributed by atoms with Gasteiger partial charge in [0.15, 0.2) is 0 Å². The van der Waals surface area contributed by atoms with Crippen molar-refractivity contribution in [1.29, 1.82) is 0 Å². The maximum Gasteiger partial charge on any atom is 0.337 e. The Morgan fingerprint density at radius 1 is 1.53 bits per heavy atom. The van der Waals surface area contributed by atoms with Gasteiger partial charge in [-0.2, -0.15) is 0 Å². The summed E-state index contributed by atoms with van der Waals surface area (Å²) in [5.74, 6) is -0.494. The Balaban J connectivity index is 2.74. The second-order valence-corrected chi connectivity index (χ2v) is 3.56. The maximum absolute atomic E-state index is 10.8. The second kappa shape index (κ2) is 5.61. The zero-order valence-corrected chi connectivity index (χ0v) is 9.25. The zero-order valence-electron chi connectivity index (χ0n) is 8.50. The van der Waals surface area contributed by atoms with Crippen molar-refractivity contribution in [2.24, 2.45) is 0 Å². The van der Waals surface area contributed by atoms with Crippen molar-refractivity contribution >= 4 is 17.6 Å². The lowest BCUT2D eigenvalue weighted by molar-refractivity contribution is 0.0696. The van der Waals surface area contributed by atoms with E-state index in [0.717, 1.165) is 12.8 Å². The molecule has 0 radical (unpaired) electrons. The van der Waals surface area contributed by atoms with Gasteiger partial charge in [-0.05, 0) is 24.6 Å². The molecule has 0 amide bonds. The Labute approximate surface area is 93.6 Å². The molecule has 3 nitrogen and oxygen atoms in total. The van der Waals surface area contributed by atoms with E-state index in [4.69, 9.17) is 21.4 Å². The molecule has 0 saturated carbocycles. The summed E-state index contributed by atoms with van der Waals surface area (Å²) < 4.78 is 5.37. The number of carbonyl (C=O) groups is 1. The van der Waals surface area contributed by atoms with E-state index < -0.39 is 5.97 Å². The van der Waals surface area contributed by atoms with Crippen LogP contribution in [0.3, 0.4) is 0 Å². The Hall–Kier alpha value is -1.22. The third-order valence-electron chi connectivity index (χ3n) is 1.93. The summed E-state index contributed by atoms with van der Waals surface area (Å²) in [4.78, 5) is 10.8. The predicted octanol–water partition coefficient (Wildman–Crippen LogP) is 3.22. The lowest BCUT2D eigenvalue weighted by Crippen LogP contribution is -2.00. The lowest BCUT2D eigenvalue weighted by Gasteiger charge is -2.06. The molecule has 0 heterocycles. The molecule has 0 atom stereocenters. The van der Waals surface area contributed by atoms with Gasteiger partial charge < -0.3 is 9.84 Å². The van der Waals surface area contributed by atoms with E-state index in [0.29, 0.717) is 12.4 Å². The fourth-order valence-electron chi connectivity index (χ4n) is 1.09. The molecule has 0 aliphatic carbocycles. The van der Waals surface area contributed by atoms with E-state index in [1.165, 1.54) is 12.1 Å². The first-order chi connectivity index (χ1) is 7.15. The fourth-order valence-corrected chi connectivity index (χ4v) is 1.29. The molecule has 0 spiro atoms. The first kappa shape index (κ1) is 11.9. The van der Waals surface area contributed by atoms with Crippen molar-refractivity contribution < 1.29 is 14.6 Å². The third-order valence-corrected chi connectivity index (χ3v) is 2.26. The van der Waals surface area contributed by atoms with Crippen LogP contribution in [0.15, 0.2) is 18.2 Å². The maximum atomic E-state index is 10.8. The molecule has 1 aromatic rings. The van der Waals surface area contributed by atoms with Crippen LogP contribution in [0, 0.1) is 0 Å². The minimum Gasteiger partial charge on any atom is -0.494 e. The number of aromatic carboxylic acids is 1. The van der Waals surface area contributed by atoms with E-state index in [9.17, 15) is 4.79 Å². The van der Waals surface area contributed by atoms with Crippen molar-refractivity contribution in [3.63, 3.8) is 0 Å². The molecule has 0 unspecified atom stereocenters. The lowest BCUT2D eigenvalue weighted by atomic mass is 10.2. The van der Waals surface area contributed by atoms with E-state index in [1.807, 2.05) is 0 Å². The summed E-state index contributed by atoms with van der Waals surface area (Å²) in [7, 11) is 0. The Kier molecular flexibility index (Phi) is 4.43. The number of carboxylic acids is 1. The van der Waals surface area contributed by atoms with Gasteiger partial charge in [0.2, 0.25) is 0 Å². The average Bonchev–Trinajstić information content (AvgIpc) is 2.20. The van der Waals surface area contributed by atoms with Crippen molar-refractivity contribution in [3.8, 4) is 5.75 Å². The molecular weight excluding hydrogens is 216 g/mol. The summed E-state index contributed by atoms with van der Waals surface area (Å²) in [5, 5.41) is 9.05. The highest BCUT2D eigenvalue weighted by atomic mass is 35.5. The smallest absolute Gasteiger partial charge is 0.337 e. The van der Waals surface area contributed by atoms with Gasteiger partial charge in [-0.15, -0.1) is 0 Å². The molecule has 4 heteroatoms. The molecule has 0 fully saturated rings. The van der Waals surface area contributed by atoms with Crippen LogP contribution in [0.1, 0.15) is 30.1 Å². The van der Waals surface area contributed by atoms with Gasteiger partial charge >= 0.3 is 5.97 Å². The summed E-state index contributed by atoms with van der Waals surface area (Å²) >= 11 is 5.72. The summed E-state index contributed by atoms with van der Waals surface area (Å²) in [6.45, 7) is 2.66. The van der Waals surface area contributed by atoms with E-state index >= 15 is 0 Å². The van der Waals surface area contributed by atoms with Gasteiger partial charge in [-0.25, -0.2) is 4.79 Å². The highest BCUT2D eigenvalue weighted by Crippen LogP contribution is 2.22. The number of hydrogen-bond donors (Lipinski definition) is 1. The number of unbranched alkanes of at least 4 members (excludes halogenated alkanes) is 1. The van der Waals surface area contributed by atoms with Crippen LogP contribution < -0.4 is 4.74 Å². The van der Waals surface area contributed by atoms with E-state index in [1.54, 1.807) is 6.07 Å². The largest absolute Gasteiger partial charge is 0.494 e. The van der Waals surface area contributed by atoms with Gasteiger partial charge in [0, 0.05) is 0 Å². The number of ether oxygens (including phenoxy) is 1. The molecule has 15 heavy (non-hydrogen) atoms. The molecule has 0 bridgehead atoms. The normalized spacial score (nSPS) is 10.0. The molecule has 0 saturated heterocycles. The molecule has 82 valence electrons. The van der Waals surface area contributed by atoms with Crippen LogP contribution in [0.5, 0.6) is 5.75 Å². The Bertz CT molecular complexity index is 350. The minimum atomic E-state index is -1.04. The van der Waals surface area contributed by atoms with Gasteiger partial charge in [0.1, 0.15) is 5.75 Å².